The predicted molar refractivity (Wildman–Crippen MR) is 166 cm³/mol. The number of hydrogen-bond acceptors (Lipinski definition) is 6. The van der Waals surface area contributed by atoms with Crippen LogP contribution in [0.15, 0.2) is 60.7 Å². The number of carbonyl (C=O) groups is 1. The highest BCUT2D eigenvalue weighted by Crippen LogP contribution is 2.29. The molecule has 1 saturated heterocycles. The molecule has 212 valence electrons. The number of ketones is 1. The van der Waals surface area contributed by atoms with Crippen LogP contribution >= 0.6 is 0 Å². The number of fused-ring (bicyclic) bond motifs is 2. The van der Waals surface area contributed by atoms with Crippen LogP contribution in [0.5, 0.6) is 5.75 Å². The van der Waals surface area contributed by atoms with Crippen LogP contribution in [0.3, 0.4) is 0 Å². The average Bonchev–Trinajstić information content (AvgIpc) is 3.59. The number of nitrogens with one attached hydrogen (secondary N) is 2. The van der Waals surface area contributed by atoms with Crippen LogP contribution in [-0.4, -0.2) is 70.5 Å². The van der Waals surface area contributed by atoms with Gasteiger partial charge < -0.3 is 24.5 Å². The summed E-state index contributed by atoms with van der Waals surface area (Å²) in [5, 5.41) is 0. The van der Waals surface area contributed by atoms with Crippen molar-refractivity contribution in [2.24, 2.45) is 5.41 Å². The molecule has 2 aromatic heterocycles. The van der Waals surface area contributed by atoms with E-state index in [1.54, 1.807) is 0 Å². The lowest BCUT2D eigenvalue weighted by Crippen LogP contribution is -2.44. The van der Waals surface area contributed by atoms with Crippen molar-refractivity contribution in [3.8, 4) is 28.5 Å². The van der Waals surface area contributed by atoms with Gasteiger partial charge in [0.05, 0.1) is 28.7 Å². The first-order chi connectivity index (χ1) is 19.7. The van der Waals surface area contributed by atoms with Gasteiger partial charge in [-0.05, 0) is 62.0 Å². The number of nitrogens with zero attached hydrogens (tertiary/aromatic N) is 4. The third-order valence-corrected chi connectivity index (χ3v) is 7.85. The maximum absolute atomic E-state index is 12.2. The number of likely N-dealkylation sites (N-methyl/N-ethyl adjacent to an activating group) is 1. The minimum atomic E-state index is -0.306. The Labute approximate surface area is 240 Å². The number of piperazine rings is 1. The number of aromatic nitrogens is 4. The van der Waals surface area contributed by atoms with Crippen LogP contribution < -0.4 is 9.64 Å². The Morgan fingerprint density at radius 2 is 1.51 bits per heavy atom. The SMILES string of the molecule is CN1CCN(c2ccc3nc(-c4ccc5nc(-c6cccc(OCCCC(=O)C(C)(C)C)c6)[nH]c5c4)[nH]c3c2)CC1. The molecule has 0 aliphatic carbocycles. The Balaban J connectivity index is 1.17. The second-order valence-electron chi connectivity index (χ2n) is 12.0. The fourth-order valence-corrected chi connectivity index (χ4v) is 5.22. The first kappa shape index (κ1) is 27.0. The molecule has 41 heavy (non-hydrogen) atoms. The fraction of sp³-hybridized carbons (Fsp3) is 0.364. The summed E-state index contributed by atoms with van der Waals surface area (Å²) in [6, 6.07) is 20.6. The van der Waals surface area contributed by atoms with Gasteiger partial charge in [0.15, 0.2) is 0 Å². The Hall–Kier alpha value is -4.17. The van der Waals surface area contributed by atoms with E-state index in [0.717, 1.165) is 76.8 Å². The summed E-state index contributed by atoms with van der Waals surface area (Å²) in [4.78, 5) is 33.7. The molecule has 0 amide bonds. The largest absolute Gasteiger partial charge is 0.494 e. The van der Waals surface area contributed by atoms with Crippen molar-refractivity contribution in [2.75, 3.05) is 44.7 Å². The van der Waals surface area contributed by atoms with Gasteiger partial charge in [-0.25, -0.2) is 9.97 Å². The number of H-pyrrole nitrogens is 2. The minimum Gasteiger partial charge on any atom is -0.494 e. The van der Waals surface area contributed by atoms with Gasteiger partial charge in [-0.1, -0.05) is 32.9 Å². The fourth-order valence-electron chi connectivity index (χ4n) is 5.22. The van der Waals surface area contributed by atoms with Gasteiger partial charge in [0.1, 0.15) is 23.2 Å². The van der Waals surface area contributed by atoms with E-state index in [1.807, 2.05) is 51.1 Å². The van der Waals surface area contributed by atoms with E-state index in [9.17, 15) is 4.79 Å². The van der Waals surface area contributed by atoms with Crippen LogP contribution in [-0.2, 0) is 4.79 Å². The molecule has 0 atom stereocenters. The number of ether oxygens (including phenoxy) is 1. The number of anilines is 1. The number of rotatable bonds is 8. The third-order valence-electron chi connectivity index (χ3n) is 7.85. The molecule has 2 N–H and O–H groups in total. The summed E-state index contributed by atoms with van der Waals surface area (Å²) in [7, 11) is 2.18. The predicted octanol–water partition coefficient (Wildman–Crippen LogP) is 6.30. The second-order valence-corrected chi connectivity index (χ2v) is 12.0. The number of imidazole rings is 2. The normalized spacial score (nSPS) is 14.7. The molecule has 8 nitrogen and oxygen atoms in total. The molecule has 3 aromatic carbocycles. The molecular weight excluding hydrogens is 512 g/mol. The molecule has 6 rings (SSSR count). The summed E-state index contributed by atoms with van der Waals surface area (Å²) in [6.07, 6.45) is 1.23. The first-order valence-corrected chi connectivity index (χ1v) is 14.4. The molecule has 8 heteroatoms. The molecule has 1 aliphatic heterocycles. The summed E-state index contributed by atoms with van der Waals surface area (Å²) in [5.74, 6) is 2.65. The molecule has 0 bridgehead atoms. The van der Waals surface area contributed by atoms with Gasteiger partial charge in [-0.3, -0.25) is 4.79 Å². The van der Waals surface area contributed by atoms with E-state index in [4.69, 9.17) is 14.7 Å². The van der Waals surface area contributed by atoms with Gasteiger partial charge >= 0.3 is 0 Å². The van der Waals surface area contributed by atoms with Gasteiger partial charge in [0.2, 0.25) is 0 Å². The van der Waals surface area contributed by atoms with Crippen molar-refractivity contribution in [1.82, 2.24) is 24.8 Å². The topological polar surface area (TPSA) is 90.1 Å². The van der Waals surface area contributed by atoms with E-state index in [1.165, 1.54) is 5.69 Å². The molecule has 0 saturated carbocycles. The zero-order valence-electron chi connectivity index (χ0n) is 24.3. The summed E-state index contributed by atoms with van der Waals surface area (Å²) >= 11 is 0. The number of benzene rings is 3. The van der Waals surface area contributed by atoms with E-state index in [2.05, 4.69) is 57.1 Å². The maximum Gasteiger partial charge on any atom is 0.138 e. The Kier molecular flexibility index (Phi) is 7.26. The quantitative estimate of drug-likeness (QED) is 0.220. The zero-order valence-corrected chi connectivity index (χ0v) is 24.3. The Morgan fingerprint density at radius 3 is 2.22 bits per heavy atom. The Morgan fingerprint density at radius 1 is 0.854 bits per heavy atom. The standard InChI is InChI=1S/C33H38N6O2/c1-33(2,3)30(40)9-6-18-41-25-8-5-7-22(19-25)31-34-26-12-10-23(20-28(26)36-31)32-35-27-13-11-24(21-29(27)37-32)39-16-14-38(4)15-17-39/h5,7-8,10-13,19-21H,6,9,14-18H2,1-4H3,(H,34,36)(H,35,37). The molecule has 1 fully saturated rings. The molecular formula is C33H38N6O2. The summed E-state index contributed by atoms with van der Waals surface area (Å²) in [6.45, 7) is 10.6. The lowest BCUT2D eigenvalue weighted by molar-refractivity contribution is -0.126. The zero-order chi connectivity index (χ0) is 28.6. The van der Waals surface area contributed by atoms with Crippen molar-refractivity contribution < 1.29 is 9.53 Å². The third kappa shape index (κ3) is 5.98. The maximum atomic E-state index is 12.2. The monoisotopic (exact) mass is 550 g/mol. The molecule has 5 aromatic rings. The number of hydrogen-bond donors (Lipinski definition) is 2. The van der Waals surface area contributed by atoms with Crippen LogP contribution in [0.1, 0.15) is 33.6 Å². The van der Waals surface area contributed by atoms with Crippen molar-refractivity contribution in [1.29, 1.82) is 0 Å². The first-order valence-electron chi connectivity index (χ1n) is 14.4. The van der Waals surface area contributed by atoms with Crippen LogP contribution in [0, 0.1) is 5.41 Å². The van der Waals surface area contributed by atoms with E-state index >= 15 is 0 Å². The van der Waals surface area contributed by atoms with E-state index in [-0.39, 0.29) is 11.2 Å². The number of aromatic amines is 2. The highest BCUT2D eigenvalue weighted by atomic mass is 16.5. The second kappa shape index (κ2) is 11.0. The van der Waals surface area contributed by atoms with Crippen molar-refractivity contribution in [3.63, 3.8) is 0 Å². The molecule has 0 spiro atoms. The van der Waals surface area contributed by atoms with Crippen LogP contribution in [0.2, 0.25) is 0 Å². The molecule has 3 heterocycles. The van der Waals surface area contributed by atoms with Gasteiger partial charge in [0, 0.05) is 54.8 Å². The number of carbonyl (C=O) groups excluding carboxylic acids is 1. The molecule has 1 aliphatic rings. The average molecular weight is 551 g/mol. The molecule has 0 radical (unpaired) electrons. The van der Waals surface area contributed by atoms with Gasteiger partial charge in [-0.15, -0.1) is 0 Å². The summed E-state index contributed by atoms with van der Waals surface area (Å²) in [5.41, 5.74) is 6.73. The van der Waals surface area contributed by atoms with Crippen LogP contribution in [0.25, 0.3) is 44.8 Å². The van der Waals surface area contributed by atoms with E-state index < -0.39 is 0 Å². The molecule has 0 unspecified atom stereocenters. The lowest BCUT2D eigenvalue weighted by Gasteiger charge is -2.34. The lowest BCUT2D eigenvalue weighted by atomic mass is 9.88. The smallest absolute Gasteiger partial charge is 0.138 e. The van der Waals surface area contributed by atoms with Crippen molar-refractivity contribution >= 4 is 33.5 Å². The number of Topliss-reactive ketones (excluding diaryl/α,β-unsaturated/α-hetero) is 1. The van der Waals surface area contributed by atoms with E-state index in [0.29, 0.717) is 19.4 Å². The minimum absolute atomic E-state index is 0.259. The van der Waals surface area contributed by atoms with Gasteiger partial charge in [-0.2, -0.15) is 0 Å². The summed E-state index contributed by atoms with van der Waals surface area (Å²) < 4.78 is 5.95. The highest BCUT2D eigenvalue weighted by molar-refractivity contribution is 5.87. The van der Waals surface area contributed by atoms with Gasteiger partial charge in [0.25, 0.3) is 0 Å². The van der Waals surface area contributed by atoms with Crippen molar-refractivity contribution in [3.05, 3.63) is 60.7 Å². The highest BCUT2D eigenvalue weighted by Gasteiger charge is 2.20. The van der Waals surface area contributed by atoms with Crippen LogP contribution in [0.4, 0.5) is 5.69 Å². The Bertz CT molecular complexity index is 1690. The van der Waals surface area contributed by atoms with Crippen molar-refractivity contribution in [2.45, 2.75) is 33.6 Å².